The number of anilines is 1. The smallest absolute Gasteiger partial charge is 0.232 e. The lowest BCUT2D eigenvalue weighted by Gasteiger charge is -2.22. The van der Waals surface area contributed by atoms with Crippen molar-refractivity contribution in [2.75, 3.05) is 17.7 Å². The van der Waals surface area contributed by atoms with Crippen LogP contribution in [0.25, 0.3) is 5.69 Å². The number of nitrogens with zero attached hydrogens (tertiary/aromatic N) is 4. The van der Waals surface area contributed by atoms with E-state index in [-0.39, 0.29) is 6.54 Å². The molecule has 0 saturated heterocycles. The van der Waals surface area contributed by atoms with Gasteiger partial charge in [0.25, 0.3) is 0 Å². The van der Waals surface area contributed by atoms with E-state index < -0.39 is 10.0 Å². The summed E-state index contributed by atoms with van der Waals surface area (Å²) in [6, 6.07) is 12.4. The third-order valence-corrected chi connectivity index (χ3v) is 4.76. The van der Waals surface area contributed by atoms with Gasteiger partial charge >= 0.3 is 0 Å². The monoisotopic (exact) mass is 358 g/mol. The van der Waals surface area contributed by atoms with Crippen molar-refractivity contribution in [3.63, 3.8) is 0 Å². The van der Waals surface area contributed by atoms with Gasteiger partial charge in [-0.2, -0.15) is 5.10 Å². The predicted molar refractivity (Wildman–Crippen MR) is 95.4 cm³/mol. The van der Waals surface area contributed by atoms with E-state index in [2.05, 4.69) is 10.1 Å². The zero-order valence-corrected chi connectivity index (χ0v) is 14.7. The Bertz CT molecular complexity index is 956. The van der Waals surface area contributed by atoms with Crippen molar-refractivity contribution >= 4 is 15.7 Å². The topological polar surface area (TPSA) is 77.3 Å². The maximum absolute atomic E-state index is 12.3. The molecule has 25 heavy (non-hydrogen) atoms. The normalized spacial score (nSPS) is 11.3. The number of hydrogen-bond donors (Lipinski definition) is 0. The highest BCUT2D eigenvalue weighted by molar-refractivity contribution is 7.92. The van der Waals surface area contributed by atoms with E-state index in [0.717, 1.165) is 5.69 Å². The Morgan fingerprint density at radius 1 is 1.16 bits per heavy atom. The summed E-state index contributed by atoms with van der Waals surface area (Å²) in [5.74, 6) is 0.628. The van der Waals surface area contributed by atoms with Crippen LogP contribution in [0.2, 0.25) is 0 Å². The fourth-order valence-electron chi connectivity index (χ4n) is 2.43. The van der Waals surface area contributed by atoms with Crippen LogP contribution in [0.4, 0.5) is 5.69 Å². The average molecular weight is 358 g/mol. The van der Waals surface area contributed by atoms with Crippen LogP contribution in [0, 0.1) is 0 Å². The summed E-state index contributed by atoms with van der Waals surface area (Å²) in [6.07, 6.45) is 6.23. The van der Waals surface area contributed by atoms with Gasteiger partial charge in [0.2, 0.25) is 10.0 Å². The fourth-order valence-corrected chi connectivity index (χ4v) is 3.29. The lowest BCUT2D eigenvalue weighted by Crippen LogP contribution is -2.29. The first-order valence-corrected chi connectivity index (χ1v) is 9.39. The van der Waals surface area contributed by atoms with Crippen molar-refractivity contribution in [1.29, 1.82) is 0 Å². The van der Waals surface area contributed by atoms with Crippen molar-refractivity contribution in [2.24, 2.45) is 0 Å². The number of hydrogen-bond acceptors (Lipinski definition) is 5. The molecule has 0 atom stereocenters. The maximum atomic E-state index is 12.3. The van der Waals surface area contributed by atoms with Crippen molar-refractivity contribution in [2.45, 2.75) is 6.54 Å². The summed E-state index contributed by atoms with van der Waals surface area (Å²) in [6.45, 7) is 0.110. The van der Waals surface area contributed by atoms with Crippen LogP contribution >= 0.6 is 0 Å². The number of aromatic nitrogens is 3. The fraction of sp³-hybridized carbons (Fsp3) is 0.176. The Labute approximate surface area is 146 Å². The van der Waals surface area contributed by atoms with Crippen LogP contribution in [-0.4, -0.2) is 36.5 Å². The summed E-state index contributed by atoms with van der Waals surface area (Å²) < 4.78 is 32.8. The molecule has 130 valence electrons. The molecule has 3 aromatic rings. The first-order chi connectivity index (χ1) is 12.0. The molecule has 0 bridgehead atoms. The van der Waals surface area contributed by atoms with E-state index in [1.54, 1.807) is 66.8 Å². The molecule has 0 aliphatic rings. The van der Waals surface area contributed by atoms with E-state index in [9.17, 15) is 8.42 Å². The Morgan fingerprint density at radius 2 is 2.00 bits per heavy atom. The molecule has 1 aromatic carbocycles. The van der Waals surface area contributed by atoms with E-state index in [4.69, 9.17) is 4.74 Å². The zero-order valence-electron chi connectivity index (χ0n) is 13.9. The molecule has 0 unspecified atom stereocenters. The van der Waals surface area contributed by atoms with E-state index in [1.807, 2.05) is 6.07 Å². The molecule has 2 aromatic heterocycles. The average Bonchev–Trinajstić information content (AvgIpc) is 3.14. The predicted octanol–water partition coefficient (Wildman–Crippen LogP) is 2.24. The number of sulfonamides is 1. The van der Waals surface area contributed by atoms with Crippen LogP contribution in [-0.2, 0) is 16.6 Å². The second kappa shape index (κ2) is 6.94. The summed E-state index contributed by atoms with van der Waals surface area (Å²) >= 11 is 0. The van der Waals surface area contributed by atoms with Gasteiger partial charge in [-0.3, -0.25) is 9.29 Å². The molecule has 0 amide bonds. The molecule has 0 spiro atoms. The molecule has 0 radical (unpaired) electrons. The first kappa shape index (κ1) is 17.0. The second-order valence-electron chi connectivity index (χ2n) is 5.43. The second-order valence-corrected chi connectivity index (χ2v) is 7.33. The quantitative estimate of drug-likeness (QED) is 0.675. The molecule has 2 heterocycles. The standard InChI is InChI=1S/C17H18N4O3S/c1-24-17-7-9-18-14(11-17)13-21(25(2,22)23)16-6-3-5-15(12-16)20-10-4-8-19-20/h3-12H,13H2,1-2H3. The van der Waals surface area contributed by atoms with Crippen LogP contribution in [0.15, 0.2) is 61.1 Å². The maximum Gasteiger partial charge on any atom is 0.232 e. The van der Waals surface area contributed by atoms with Crippen molar-refractivity contribution < 1.29 is 13.2 Å². The Kier molecular flexibility index (Phi) is 4.71. The molecule has 0 saturated carbocycles. The molecule has 7 nitrogen and oxygen atoms in total. The minimum Gasteiger partial charge on any atom is -0.497 e. The Morgan fingerprint density at radius 3 is 2.68 bits per heavy atom. The molecule has 0 N–H and O–H groups in total. The van der Waals surface area contributed by atoms with Gasteiger partial charge < -0.3 is 4.74 Å². The lowest BCUT2D eigenvalue weighted by molar-refractivity contribution is 0.413. The SMILES string of the molecule is COc1ccnc(CN(c2cccc(-n3cccn3)c2)S(C)(=O)=O)c1. The van der Waals surface area contributed by atoms with Gasteiger partial charge in [0.15, 0.2) is 0 Å². The van der Waals surface area contributed by atoms with Gasteiger partial charge in [-0.25, -0.2) is 13.1 Å². The molecule has 3 rings (SSSR count). The first-order valence-electron chi connectivity index (χ1n) is 7.54. The van der Waals surface area contributed by atoms with Crippen LogP contribution in [0.1, 0.15) is 5.69 Å². The van der Waals surface area contributed by atoms with E-state index in [1.165, 1.54) is 10.6 Å². The number of methoxy groups -OCH3 is 1. The third-order valence-electron chi connectivity index (χ3n) is 3.62. The number of pyridine rings is 1. The minimum absolute atomic E-state index is 0.110. The molecule has 0 fully saturated rings. The van der Waals surface area contributed by atoms with Crippen molar-refractivity contribution in [3.05, 3.63) is 66.7 Å². The van der Waals surface area contributed by atoms with Crippen LogP contribution < -0.4 is 9.04 Å². The molecular weight excluding hydrogens is 340 g/mol. The van der Waals surface area contributed by atoms with Crippen molar-refractivity contribution in [1.82, 2.24) is 14.8 Å². The van der Waals surface area contributed by atoms with Crippen LogP contribution in [0.3, 0.4) is 0 Å². The molecule has 0 aliphatic carbocycles. The summed E-state index contributed by atoms with van der Waals surface area (Å²) in [4.78, 5) is 4.23. The molecule has 0 aliphatic heterocycles. The Hall–Kier alpha value is -2.87. The van der Waals surface area contributed by atoms with Gasteiger partial charge in [-0.15, -0.1) is 0 Å². The van der Waals surface area contributed by atoms with E-state index in [0.29, 0.717) is 17.1 Å². The molecule has 8 heteroatoms. The van der Waals surface area contributed by atoms with Gasteiger partial charge in [0.05, 0.1) is 37.0 Å². The van der Waals surface area contributed by atoms with Crippen molar-refractivity contribution in [3.8, 4) is 11.4 Å². The highest BCUT2D eigenvalue weighted by Crippen LogP contribution is 2.23. The number of ether oxygens (including phenoxy) is 1. The highest BCUT2D eigenvalue weighted by atomic mass is 32.2. The van der Waals surface area contributed by atoms with Gasteiger partial charge in [-0.1, -0.05) is 6.07 Å². The lowest BCUT2D eigenvalue weighted by atomic mass is 10.2. The van der Waals surface area contributed by atoms with Gasteiger partial charge in [0, 0.05) is 24.7 Å². The Balaban J connectivity index is 1.98. The zero-order chi connectivity index (χ0) is 17.9. The summed E-state index contributed by atoms with van der Waals surface area (Å²) in [5, 5.41) is 4.18. The highest BCUT2D eigenvalue weighted by Gasteiger charge is 2.19. The minimum atomic E-state index is -3.50. The van der Waals surface area contributed by atoms with Crippen LogP contribution in [0.5, 0.6) is 5.75 Å². The largest absolute Gasteiger partial charge is 0.497 e. The summed E-state index contributed by atoms with van der Waals surface area (Å²) in [7, 11) is -1.94. The number of benzene rings is 1. The third kappa shape index (κ3) is 3.97. The summed E-state index contributed by atoms with van der Waals surface area (Å²) in [5.41, 5.74) is 1.91. The van der Waals surface area contributed by atoms with Gasteiger partial charge in [0.1, 0.15) is 5.75 Å². The molecular formula is C17H18N4O3S. The van der Waals surface area contributed by atoms with Gasteiger partial charge in [-0.05, 0) is 30.3 Å². The van der Waals surface area contributed by atoms with E-state index >= 15 is 0 Å². The number of rotatable bonds is 6.